The molecule has 0 bridgehead atoms. The minimum Gasteiger partial charge on any atom is -0.354 e. The van der Waals surface area contributed by atoms with E-state index < -0.39 is 18.8 Å². The number of carbonyl (C=O) groups excluding carboxylic acids is 1. The van der Waals surface area contributed by atoms with Crippen molar-refractivity contribution in [3.63, 3.8) is 0 Å². The predicted octanol–water partition coefficient (Wildman–Crippen LogP) is 0.0864. The summed E-state index contributed by atoms with van der Waals surface area (Å²) in [7, 11) is 0. The molecular formula is C10H16F3N3O. The molecule has 3 N–H and O–H groups in total. The third-order valence-electron chi connectivity index (χ3n) is 3.65. The first-order valence-electron chi connectivity index (χ1n) is 5.75. The molecule has 0 radical (unpaired) electrons. The molecule has 1 amide bonds. The smallest absolute Gasteiger partial charge is 0.354 e. The zero-order valence-electron chi connectivity index (χ0n) is 9.33. The maximum absolute atomic E-state index is 12.8. The molecule has 17 heavy (non-hydrogen) atoms. The second kappa shape index (κ2) is 4.45. The van der Waals surface area contributed by atoms with Crippen molar-refractivity contribution in [1.29, 1.82) is 0 Å². The Hall–Kier alpha value is -0.820. The van der Waals surface area contributed by atoms with Gasteiger partial charge in [-0.05, 0) is 19.4 Å². The number of piperidine rings is 1. The summed E-state index contributed by atoms with van der Waals surface area (Å²) in [6.07, 6.45) is -3.05. The first-order chi connectivity index (χ1) is 7.95. The molecule has 2 aliphatic rings. The number of amides is 1. The Morgan fingerprint density at radius 3 is 2.82 bits per heavy atom. The van der Waals surface area contributed by atoms with Gasteiger partial charge in [-0.15, -0.1) is 0 Å². The van der Waals surface area contributed by atoms with Gasteiger partial charge in [0, 0.05) is 19.1 Å². The quantitative estimate of drug-likeness (QED) is 0.731. The summed E-state index contributed by atoms with van der Waals surface area (Å²) in [5.74, 6) is -0.433. The Kier molecular flexibility index (Phi) is 3.31. The second-order valence-electron chi connectivity index (χ2n) is 4.59. The Balaban J connectivity index is 2.17. The lowest BCUT2D eigenvalue weighted by molar-refractivity contribution is -0.191. The lowest BCUT2D eigenvalue weighted by atomic mass is 9.90. The van der Waals surface area contributed by atoms with Gasteiger partial charge in [0.25, 0.3) is 0 Å². The maximum Gasteiger partial charge on any atom is 0.405 e. The highest BCUT2D eigenvalue weighted by Crippen LogP contribution is 2.33. The van der Waals surface area contributed by atoms with Crippen molar-refractivity contribution in [3.8, 4) is 0 Å². The van der Waals surface area contributed by atoms with Gasteiger partial charge in [0.05, 0.1) is 5.92 Å². The van der Waals surface area contributed by atoms with Crippen LogP contribution in [0.4, 0.5) is 13.2 Å². The van der Waals surface area contributed by atoms with Gasteiger partial charge in [0.1, 0.15) is 6.04 Å². The highest BCUT2D eigenvalue weighted by molar-refractivity contribution is 5.82. The van der Waals surface area contributed by atoms with Crippen LogP contribution in [0.25, 0.3) is 0 Å². The van der Waals surface area contributed by atoms with Crippen LogP contribution >= 0.6 is 0 Å². The molecule has 0 aromatic rings. The van der Waals surface area contributed by atoms with Crippen LogP contribution in [-0.4, -0.2) is 48.7 Å². The minimum atomic E-state index is -4.33. The zero-order valence-corrected chi connectivity index (χ0v) is 9.33. The number of alkyl halides is 3. The van der Waals surface area contributed by atoms with E-state index in [1.54, 1.807) is 0 Å². The predicted molar refractivity (Wildman–Crippen MR) is 55.1 cm³/mol. The molecule has 0 aromatic carbocycles. The van der Waals surface area contributed by atoms with Crippen molar-refractivity contribution in [2.24, 2.45) is 11.7 Å². The third kappa shape index (κ3) is 2.26. The molecule has 2 fully saturated rings. The highest BCUT2D eigenvalue weighted by Gasteiger charge is 2.50. The normalized spacial score (nSPS) is 32.1. The zero-order chi connectivity index (χ0) is 12.6. The lowest BCUT2D eigenvalue weighted by Gasteiger charge is -2.41. The topological polar surface area (TPSA) is 58.4 Å². The van der Waals surface area contributed by atoms with Crippen molar-refractivity contribution >= 4 is 5.91 Å². The average molecular weight is 251 g/mol. The van der Waals surface area contributed by atoms with E-state index in [1.165, 1.54) is 4.90 Å². The lowest BCUT2D eigenvalue weighted by Crippen LogP contribution is -2.58. The fourth-order valence-electron chi connectivity index (χ4n) is 2.83. The number of rotatable bonds is 2. The molecule has 0 saturated carbocycles. The fraction of sp³-hybridized carbons (Fsp3) is 0.900. The average Bonchev–Trinajstić information content (AvgIpc) is 2.61. The highest BCUT2D eigenvalue weighted by atomic mass is 19.4. The van der Waals surface area contributed by atoms with E-state index in [1.807, 2.05) is 0 Å². The number of nitrogens with zero attached hydrogens (tertiary/aromatic N) is 1. The molecular weight excluding hydrogens is 235 g/mol. The number of carbonyl (C=O) groups is 1. The molecule has 2 aliphatic heterocycles. The van der Waals surface area contributed by atoms with E-state index in [9.17, 15) is 18.0 Å². The van der Waals surface area contributed by atoms with Crippen LogP contribution in [0.1, 0.15) is 12.8 Å². The number of hydrogen-bond donors (Lipinski definition) is 2. The van der Waals surface area contributed by atoms with Crippen LogP contribution in [0.2, 0.25) is 0 Å². The summed E-state index contributed by atoms with van der Waals surface area (Å²) in [4.78, 5) is 12.8. The number of likely N-dealkylation sites (tertiary alicyclic amines) is 1. The third-order valence-corrected chi connectivity index (χ3v) is 3.65. The maximum atomic E-state index is 12.8. The van der Waals surface area contributed by atoms with Gasteiger partial charge in [0.15, 0.2) is 0 Å². The van der Waals surface area contributed by atoms with E-state index in [-0.39, 0.29) is 17.9 Å². The van der Waals surface area contributed by atoms with E-state index in [2.05, 4.69) is 5.32 Å². The minimum absolute atomic E-state index is 0.127. The van der Waals surface area contributed by atoms with Crippen LogP contribution in [0.5, 0.6) is 0 Å². The number of halogens is 3. The molecule has 4 nitrogen and oxygen atoms in total. The first-order valence-corrected chi connectivity index (χ1v) is 5.75. The monoisotopic (exact) mass is 251 g/mol. The van der Waals surface area contributed by atoms with E-state index >= 15 is 0 Å². The molecule has 2 heterocycles. The van der Waals surface area contributed by atoms with Gasteiger partial charge in [-0.3, -0.25) is 9.69 Å². The molecule has 0 aromatic heterocycles. The van der Waals surface area contributed by atoms with Gasteiger partial charge < -0.3 is 11.1 Å². The number of fused-ring (bicyclic) bond motifs is 1. The van der Waals surface area contributed by atoms with Crippen LogP contribution in [0.15, 0.2) is 0 Å². The molecule has 2 saturated heterocycles. The summed E-state index contributed by atoms with van der Waals surface area (Å²) in [6.45, 7) is 0.203. The van der Waals surface area contributed by atoms with Crippen LogP contribution in [0, 0.1) is 5.92 Å². The van der Waals surface area contributed by atoms with Crippen molar-refractivity contribution in [3.05, 3.63) is 0 Å². The summed E-state index contributed by atoms with van der Waals surface area (Å²) >= 11 is 0. The molecule has 98 valence electrons. The Bertz CT molecular complexity index is 308. The number of nitrogens with one attached hydrogen (secondary N) is 1. The molecule has 3 atom stereocenters. The fourth-order valence-corrected chi connectivity index (χ4v) is 2.83. The molecule has 3 unspecified atom stereocenters. The standard InChI is InChI=1S/C10H16F3N3O/c11-10(12,13)8(4-14)16-3-1-2-6-7(16)5-15-9(6)17/h6-8H,1-5,14H2,(H,15,17). The Morgan fingerprint density at radius 1 is 1.53 bits per heavy atom. The van der Waals surface area contributed by atoms with Crippen molar-refractivity contribution in [2.75, 3.05) is 19.6 Å². The van der Waals surface area contributed by atoms with E-state index in [0.717, 1.165) is 0 Å². The van der Waals surface area contributed by atoms with Gasteiger partial charge >= 0.3 is 6.18 Å². The number of hydrogen-bond acceptors (Lipinski definition) is 3. The van der Waals surface area contributed by atoms with Crippen molar-refractivity contribution in [2.45, 2.75) is 31.1 Å². The summed E-state index contributed by atoms with van der Waals surface area (Å²) in [5, 5.41) is 2.63. The van der Waals surface area contributed by atoms with Crippen molar-refractivity contribution in [1.82, 2.24) is 10.2 Å². The van der Waals surface area contributed by atoms with E-state index in [0.29, 0.717) is 25.9 Å². The Labute approximate surface area is 97.3 Å². The number of nitrogens with two attached hydrogens (primary N) is 1. The van der Waals surface area contributed by atoms with Gasteiger partial charge in [-0.1, -0.05) is 0 Å². The van der Waals surface area contributed by atoms with E-state index in [4.69, 9.17) is 5.73 Å². The summed E-state index contributed by atoms with van der Waals surface area (Å²) in [6, 6.07) is -1.99. The summed E-state index contributed by atoms with van der Waals surface area (Å²) < 4.78 is 38.5. The SMILES string of the molecule is NCC(N1CCCC2C(=O)NCC21)C(F)(F)F. The van der Waals surface area contributed by atoms with Crippen LogP contribution in [0.3, 0.4) is 0 Å². The second-order valence-corrected chi connectivity index (χ2v) is 4.59. The van der Waals surface area contributed by atoms with Crippen molar-refractivity contribution < 1.29 is 18.0 Å². The van der Waals surface area contributed by atoms with Crippen LogP contribution < -0.4 is 11.1 Å². The molecule has 7 heteroatoms. The van der Waals surface area contributed by atoms with Crippen LogP contribution in [-0.2, 0) is 4.79 Å². The summed E-state index contributed by atoms with van der Waals surface area (Å²) in [5.41, 5.74) is 5.24. The first kappa shape index (κ1) is 12.6. The van der Waals surface area contributed by atoms with Gasteiger partial charge in [0.2, 0.25) is 5.91 Å². The largest absolute Gasteiger partial charge is 0.405 e. The molecule has 2 rings (SSSR count). The Morgan fingerprint density at radius 2 is 2.24 bits per heavy atom. The van der Waals surface area contributed by atoms with Gasteiger partial charge in [-0.25, -0.2) is 0 Å². The van der Waals surface area contributed by atoms with Gasteiger partial charge in [-0.2, -0.15) is 13.2 Å². The molecule has 0 spiro atoms. The molecule has 0 aliphatic carbocycles.